The molecule has 1 heterocycles. The van der Waals surface area contributed by atoms with Gasteiger partial charge in [0.25, 0.3) is 10.0 Å². The van der Waals surface area contributed by atoms with Crippen molar-refractivity contribution in [2.45, 2.75) is 36.8 Å². The topological polar surface area (TPSA) is 103 Å². The van der Waals surface area contributed by atoms with Crippen LogP contribution in [0.15, 0.2) is 65.6 Å². The van der Waals surface area contributed by atoms with Crippen molar-refractivity contribution in [3.63, 3.8) is 0 Å². The number of rotatable bonds is 9. The summed E-state index contributed by atoms with van der Waals surface area (Å²) in [5, 5.41) is 2.96. The van der Waals surface area contributed by atoms with Crippen molar-refractivity contribution in [1.29, 1.82) is 0 Å². The molecule has 0 radical (unpaired) electrons. The quantitative estimate of drug-likeness (QED) is 0.414. The monoisotopic (exact) mass is 558 g/mol. The third kappa shape index (κ3) is 6.03. The second-order valence-corrected chi connectivity index (χ2v) is 11.5. The lowest BCUT2D eigenvalue weighted by molar-refractivity contribution is -0.120. The molecule has 11 heteroatoms. The summed E-state index contributed by atoms with van der Waals surface area (Å²) >= 11 is 0. The Labute approximate surface area is 227 Å². The van der Waals surface area contributed by atoms with E-state index in [-0.39, 0.29) is 16.3 Å². The number of nitrogens with one attached hydrogen (secondary N) is 1. The van der Waals surface area contributed by atoms with Gasteiger partial charge in [-0.05, 0) is 62.4 Å². The normalized spacial score (nSPS) is 15.9. The van der Waals surface area contributed by atoms with E-state index in [4.69, 9.17) is 18.9 Å². The Morgan fingerprint density at radius 1 is 1.00 bits per heavy atom. The number of sulfonamides is 1. The first kappa shape index (κ1) is 28.0. The molecule has 0 fully saturated rings. The molecule has 0 saturated carbocycles. The van der Waals surface area contributed by atoms with E-state index in [2.05, 4.69) is 5.32 Å². The predicted octanol–water partition coefficient (Wildman–Crippen LogP) is 4.47. The van der Waals surface area contributed by atoms with Gasteiger partial charge in [-0.1, -0.05) is 0 Å². The number of nitrogens with zero attached hydrogens (tertiary/aromatic N) is 1. The van der Waals surface area contributed by atoms with Gasteiger partial charge in [-0.2, -0.15) is 0 Å². The Bertz CT molecular complexity index is 1460. The summed E-state index contributed by atoms with van der Waals surface area (Å²) in [6.45, 7) is 3.26. The van der Waals surface area contributed by atoms with E-state index in [1.165, 1.54) is 44.6 Å². The minimum atomic E-state index is -4.28. The molecule has 208 valence electrons. The molecule has 3 aromatic carbocycles. The van der Waals surface area contributed by atoms with Crippen LogP contribution in [0.2, 0.25) is 0 Å². The van der Waals surface area contributed by atoms with E-state index in [1.54, 1.807) is 19.2 Å². The minimum Gasteiger partial charge on any atom is -0.497 e. The number of hydrogen-bond acceptors (Lipinski definition) is 7. The molecule has 1 aliphatic heterocycles. The smallest absolute Gasteiger partial charge is 0.264 e. The van der Waals surface area contributed by atoms with Crippen LogP contribution in [0, 0.1) is 5.82 Å². The van der Waals surface area contributed by atoms with Gasteiger partial charge in [-0.25, -0.2) is 12.8 Å². The molecular weight excluding hydrogens is 527 g/mol. The zero-order valence-electron chi connectivity index (χ0n) is 22.4. The fourth-order valence-corrected chi connectivity index (χ4v) is 5.92. The standard InChI is InChI=1S/C28H31FN2O7S/c1-28(2)16-23(22-12-10-20(35-3)14-25(22)38-28)30-27(32)17-31(19-8-6-18(29)7-9-19)39(33,34)21-11-13-24(36-4)26(15-21)37-5/h6-15,23H,16-17H2,1-5H3,(H,30,32). The van der Waals surface area contributed by atoms with Crippen LogP contribution in [0.5, 0.6) is 23.0 Å². The van der Waals surface area contributed by atoms with Crippen LogP contribution in [-0.4, -0.2) is 47.8 Å². The van der Waals surface area contributed by atoms with Crippen LogP contribution in [-0.2, 0) is 14.8 Å². The van der Waals surface area contributed by atoms with Gasteiger partial charge in [0.1, 0.15) is 29.5 Å². The Balaban J connectivity index is 1.67. The van der Waals surface area contributed by atoms with Crippen molar-refractivity contribution in [3.05, 3.63) is 72.0 Å². The van der Waals surface area contributed by atoms with E-state index >= 15 is 0 Å². The lowest BCUT2D eigenvalue weighted by Gasteiger charge is -2.38. The minimum absolute atomic E-state index is 0.123. The molecule has 3 aromatic rings. The first-order chi connectivity index (χ1) is 18.5. The number of fused-ring (bicyclic) bond motifs is 1. The summed E-state index contributed by atoms with van der Waals surface area (Å²) < 4.78 is 64.1. The highest BCUT2D eigenvalue weighted by molar-refractivity contribution is 7.92. The molecule has 1 atom stereocenters. The van der Waals surface area contributed by atoms with E-state index in [1.807, 2.05) is 19.9 Å². The third-order valence-corrected chi connectivity index (χ3v) is 8.13. The largest absolute Gasteiger partial charge is 0.497 e. The Morgan fingerprint density at radius 3 is 2.33 bits per heavy atom. The van der Waals surface area contributed by atoms with Crippen LogP contribution < -0.4 is 28.6 Å². The number of carbonyl (C=O) groups excluding carboxylic acids is 1. The van der Waals surface area contributed by atoms with Crippen molar-refractivity contribution >= 4 is 21.6 Å². The average molecular weight is 559 g/mol. The van der Waals surface area contributed by atoms with Crippen molar-refractivity contribution in [1.82, 2.24) is 5.32 Å². The highest BCUT2D eigenvalue weighted by Crippen LogP contribution is 2.41. The molecule has 4 rings (SSSR count). The summed E-state index contributed by atoms with van der Waals surface area (Å²) in [5.74, 6) is 0.652. The highest BCUT2D eigenvalue weighted by atomic mass is 32.2. The molecular formula is C28H31FN2O7S. The molecule has 0 saturated heterocycles. The number of amides is 1. The number of ether oxygens (including phenoxy) is 4. The Morgan fingerprint density at radius 2 is 1.69 bits per heavy atom. The zero-order chi connectivity index (χ0) is 28.4. The maximum atomic E-state index is 13.8. The lowest BCUT2D eigenvalue weighted by atomic mass is 9.89. The molecule has 0 aliphatic carbocycles. The Hall–Kier alpha value is -3.99. The molecule has 0 bridgehead atoms. The van der Waals surface area contributed by atoms with Gasteiger partial charge < -0.3 is 24.3 Å². The molecule has 9 nitrogen and oxygen atoms in total. The number of benzene rings is 3. The maximum Gasteiger partial charge on any atom is 0.264 e. The first-order valence-electron chi connectivity index (χ1n) is 12.1. The summed E-state index contributed by atoms with van der Waals surface area (Å²) in [6.07, 6.45) is 0.455. The van der Waals surface area contributed by atoms with E-state index < -0.39 is 39.9 Å². The SMILES string of the molecule is COc1ccc2c(c1)OC(C)(C)CC2NC(=O)CN(c1ccc(F)cc1)S(=O)(=O)c1ccc(OC)c(OC)c1. The second-order valence-electron chi connectivity index (χ2n) is 9.59. The molecule has 1 N–H and O–H groups in total. The predicted molar refractivity (Wildman–Crippen MR) is 144 cm³/mol. The van der Waals surface area contributed by atoms with Gasteiger partial charge >= 0.3 is 0 Å². The third-order valence-electron chi connectivity index (χ3n) is 6.36. The Kier molecular flexibility index (Phi) is 7.91. The van der Waals surface area contributed by atoms with Gasteiger partial charge in [-0.3, -0.25) is 9.10 Å². The highest BCUT2D eigenvalue weighted by Gasteiger charge is 2.36. The fraction of sp³-hybridized carbons (Fsp3) is 0.321. The number of methoxy groups -OCH3 is 3. The summed E-state index contributed by atoms with van der Waals surface area (Å²) in [4.78, 5) is 13.3. The fourth-order valence-electron chi connectivity index (χ4n) is 4.48. The van der Waals surface area contributed by atoms with E-state index in [0.717, 1.165) is 22.0 Å². The van der Waals surface area contributed by atoms with Crippen molar-refractivity contribution in [2.24, 2.45) is 0 Å². The van der Waals surface area contributed by atoms with Gasteiger partial charge in [0.15, 0.2) is 11.5 Å². The average Bonchev–Trinajstić information content (AvgIpc) is 2.90. The van der Waals surface area contributed by atoms with Crippen LogP contribution >= 0.6 is 0 Å². The van der Waals surface area contributed by atoms with E-state index in [0.29, 0.717) is 23.7 Å². The number of halogens is 1. The van der Waals surface area contributed by atoms with Crippen LogP contribution in [0.25, 0.3) is 0 Å². The number of carbonyl (C=O) groups is 1. The lowest BCUT2D eigenvalue weighted by Crippen LogP contribution is -2.45. The van der Waals surface area contributed by atoms with Crippen molar-refractivity contribution in [3.8, 4) is 23.0 Å². The molecule has 0 spiro atoms. The molecule has 1 unspecified atom stereocenters. The van der Waals surface area contributed by atoms with Gasteiger partial charge in [0.05, 0.1) is 38.0 Å². The number of hydrogen-bond donors (Lipinski definition) is 1. The maximum absolute atomic E-state index is 13.8. The van der Waals surface area contributed by atoms with Gasteiger partial charge in [0, 0.05) is 24.1 Å². The van der Waals surface area contributed by atoms with Crippen molar-refractivity contribution in [2.75, 3.05) is 32.2 Å². The molecule has 1 aliphatic rings. The summed E-state index contributed by atoms with van der Waals surface area (Å²) in [6, 6.07) is 13.9. The van der Waals surface area contributed by atoms with Gasteiger partial charge in [-0.15, -0.1) is 0 Å². The first-order valence-corrected chi connectivity index (χ1v) is 13.6. The van der Waals surface area contributed by atoms with Crippen molar-refractivity contribution < 1.29 is 36.6 Å². The molecule has 39 heavy (non-hydrogen) atoms. The van der Waals surface area contributed by atoms with E-state index in [9.17, 15) is 17.6 Å². The zero-order valence-corrected chi connectivity index (χ0v) is 23.2. The molecule has 0 aromatic heterocycles. The summed E-state index contributed by atoms with van der Waals surface area (Å²) in [5.41, 5.74) is 0.276. The van der Waals surface area contributed by atoms with Gasteiger partial charge in [0.2, 0.25) is 5.91 Å². The van der Waals surface area contributed by atoms with Crippen LogP contribution in [0.4, 0.5) is 10.1 Å². The number of anilines is 1. The molecule has 1 amide bonds. The van der Waals surface area contributed by atoms with Crippen LogP contribution in [0.1, 0.15) is 31.9 Å². The van der Waals surface area contributed by atoms with Crippen LogP contribution in [0.3, 0.4) is 0 Å². The second kappa shape index (κ2) is 11.0. The summed E-state index contributed by atoms with van der Waals surface area (Å²) in [7, 11) is 0.103.